The fraction of sp³-hybridized carbons (Fsp3) is 0.625. The number of aliphatic hydroxyl groups is 1. The number of likely N-dealkylation sites (tertiary alicyclic amines) is 1. The summed E-state index contributed by atoms with van der Waals surface area (Å²) in [6, 6.07) is 6.01. The molecular formula is C16H25NO3. The van der Waals surface area contributed by atoms with Crippen molar-refractivity contribution < 1.29 is 14.6 Å². The van der Waals surface area contributed by atoms with Crippen LogP contribution in [0.2, 0.25) is 0 Å². The fourth-order valence-corrected chi connectivity index (χ4v) is 2.63. The lowest BCUT2D eigenvalue weighted by molar-refractivity contribution is 0.111. The van der Waals surface area contributed by atoms with Gasteiger partial charge in [-0.05, 0) is 44.4 Å². The molecule has 2 rings (SSSR count). The van der Waals surface area contributed by atoms with Crippen LogP contribution >= 0.6 is 0 Å². The van der Waals surface area contributed by atoms with Gasteiger partial charge in [-0.15, -0.1) is 0 Å². The molecular weight excluding hydrogens is 254 g/mol. The molecule has 1 aromatic carbocycles. The SMILES string of the molecule is COc1c(CCCO)cccc1OC1CCN(C)CC1. The lowest BCUT2D eigenvalue weighted by Gasteiger charge is -2.30. The molecule has 1 N–H and O–H groups in total. The molecule has 0 atom stereocenters. The Morgan fingerprint density at radius 1 is 1.30 bits per heavy atom. The Morgan fingerprint density at radius 3 is 2.70 bits per heavy atom. The minimum absolute atomic E-state index is 0.198. The topological polar surface area (TPSA) is 41.9 Å². The first kappa shape index (κ1) is 15.1. The fourth-order valence-electron chi connectivity index (χ4n) is 2.63. The summed E-state index contributed by atoms with van der Waals surface area (Å²) < 4.78 is 11.7. The molecule has 1 saturated heterocycles. The van der Waals surface area contributed by atoms with Gasteiger partial charge in [-0.1, -0.05) is 12.1 Å². The van der Waals surface area contributed by atoms with Gasteiger partial charge in [0.1, 0.15) is 6.10 Å². The highest BCUT2D eigenvalue weighted by Crippen LogP contribution is 2.33. The van der Waals surface area contributed by atoms with Gasteiger partial charge in [0, 0.05) is 19.7 Å². The molecule has 112 valence electrons. The third-order valence-corrected chi connectivity index (χ3v) is 3.83. The molecule has 4 nitrogen and oxygen atoms in total. The summed E-state index contributed by atoms with van der Waals surface area (Å²) in [5.41, 5.74) is 1.10. The van der Waals surface area contributed by atoms with Crippen molar-refractivity contribution in [3.8, 4) is 11.5 Å². The Balaban J connectivity index is 2.06. The van der Waals surface area contributed by atoms with E-state index in [-0.39, 0.29) is 12.7 Å². The summed E-state index contributed by atoms with van der Waals surface area (Å²) in [5.74, 6) is 1.65. The zero-order valence-corrected chi connectivity index (χ0v) is 12.5. The number of aryl methyl sites for hydroxylation is 1. The van der Waals surface area contributed by atoms with Gasteiger partial charge >= 0.3 is 0 Å². The van der Waals surface area contributed by atoms with Crippen molar-refractivity contribution in [3.05, 3.63) is 23.8 Å². The molecule has 0 unspecified atom stereocenters. The van der Waals surface area contributed by atoms with E-state index in [1.807, 2.05) is 18.2 Å². The van der Waals surface area contributed by atoms with Gasteiger partial charge in [0.25, 0.3) is 0 Å². The molecule has 1 aliphatic rings. The summed E-state index contributed by atoms with van der Waals surface area (Å²) in [5, 5.41) is 8.97. The second-order valence-electron chi connectivity index (χ2n) is 5.40. The Kier molecular flexibility index (Phi) is 5.68. The van der Waals surface area contributed by atoms with Crippen LogP contribution in [-0.2, 0) is 6.42 Å². The van der Waals surface area contributed by atoms with E-state index in [1.165, 1.54) is 0 Å². The van der Waals surface area contributed by atoms with E-state index in [1.54, 1.807) is 7.11 Å². The van der Waals surface area contributed by atoms with Crippen LogP contribution in [0.25, 0.3) is 0 Å². The Labute approximate surface area is 121 Å². The van der Waals surface area contributed by atoms with E-state index in [9.17, 15) is 0 Å². The van der Waals surface area contributed by atoms with E-state index >= 15 is 0 Å². The van der Waals surface area contributed by atoms with Crippen LogP contribution in [0.3, 0.4) is 0 Å². The monoisotopic (exact) mass is 279 g/mol. The number of benzene rings is 1. The molecule has 0 bridgehead atoms. The number of ether oxygens (including phenoxy) is 2. The normalized spacial score (nSPS) is 17.1. The first-order chi connectivity index (χ1) is 9.74. The number of hydrogen-bond acceptors (Lipinski definition) is 4. The van der Waals surface area contributed by atoms with Crippen LogP contribution in [-0.4, -0.2) is 50.0 Å². The Bertz CT molecular complexity index is 414. The first-order valence-corrected chi connectivity index (χ1v) is 7.36. The second-order valence-corrected chi connectivity index (χ2v) is 5.40. The van der Waals surface area contributed by atoms with Gasteiger partial charge in [-0.2, -0.15) is 0 Å². The predicted molar refractivity (Wildman–Crippen MR) is 79.5 cm³/mol. The summed E-state index contributed by atoms with van der Waals surface area (Å²) >= 11 is 0. The van der Waals surface area contributed by atoms with Crippen molar-refractivity contribution >= 4 is 0 Å². The third-order valence-electron chi connectivity index (χ3n) is 3.83. The van der Waals surface area contributed by atoms with Crippen molar-refractivity contribution in [1.29, 1.82) is 0 Å². The van der Waals surface area contributed by atoms with Crippen LogP contribution in [0.5, 0.6) is 11.5 Å². The Morgan fingerprint density at radius 2 is 2.05 bits per heavy atom. The van der Waals surface area contributed by atoms with Gasteiger partial charge in [-0.25, -0.2) is 0 Å². The van der Waals surface area contributed by atoms with Crippen LogP contribution in [0, 0.1) is 0 Å². The molecule has 0 amide bonds. The lowest BCUT2D eigenvalue weighted by Crippen LogP contribution is -2.35. The van der Waals surface area contributed by atoms with Crippen molar-refractivity contribution in [1.82, 2.24) is 4.90 Å². The molecule has 20 heavy (non-hydrogen) atoms. The zero-order valence-electron chi connectivity index (χ0n) is 12.5. The van der Waals surface area contributed by atoms with Crippen molar-refractivity contribution in [2.45, 2.75) is 31.8 Å². The molecule has 1 aliphatic heterocycles. The number of piperidine rings is 1. The van der Waals surface area contributed by atoms with Crippen LogP contribution in [0.1, 0.15) is 24.8 Å². The van der Waals surface area contributed by atoms with Crippen LogP contribution in [0.15, 0.2) is 18.2 Å². The summed E-state index contributed by atoms with van der Waals surface area (Å²) in [6.07, 6.45) is 3.94. The highest BCUT2D eigenvalue weighted by Gasteiger charge is 2.20. The first-order valence-electron chi connectivity index (χ1n) is 7.36. The van der Waals surface area contributed by atoms with Crippen molar-refractivity contribution in [2.24, 2.45) is 0 Å². The van der Waals surface area contributed by atoms with Gasteiger partial charge < -0.3 is 19.5 Å². The molecule has 0 aromatic heterocycles. The smallest absolute Gasteiger partial charge is 0.163 e. The van der Waals surface area contributed by atoms with E-state index in [0.717, 1.165) is 55.8 Å². The molecule has 0 aliphatic carbocycles. The minimum atomic E-state index is 0.198. The molecule has 0 radical (unpaired) electrons. The highest BCUT2D eigenvalue weighted by molar-refractivity contribution is 5.46. The van der Waals surface area contributed by atoms with E-state index in [4.69, 9.17) is 14.6 Å². The maximum Gasteiger partial charge on any atom is 0.163 e. The average Bonchev–Trinajstić information content (AvgIpc) is 2.47. The van der Waals surface area contributed by atoms with E-state index in [0.29, 0.717) is 0 Å². The summed E-state index contributed by atoms with van der Waals surface area (Å²) in [4.78, 5) is 2.33. The number of rotatable bonds is 6. The number of aliphatic hydroxyl groups excluding tert-OH is 1. The minimum Gasteiger partial charge on any atom is -0.493 e. The van der Waals surface area contributed by atoms with Gasteiger partial charge in [0.05, 0.1) is 7.11 Å². The third kappa shape index (κ3) is 3.87. The molecule has 1 aromatic rings. The zero-order chi connectivity index (χ0) is 14.4. The maximum absolute atomic E-state index is 8.97. The summed E-state index contributed by atoms with van der Waals surface area (Å²) in [7, 11) is 3.83. The lowest BCUT2D eigenvalue weighted by atomic mass is 10.1. The van der Waals surface area contributed by atoms with Crippen LogP contribution < -0.4 is 9.47 Å². The van der Waals surface area contributed by atoms with E-state index < -0.39 is 0 Å². The maximum atomic E-state index is 8.97. The largest absolute Gasteiger partial charge is 0.493 e. The van der Waals surface area contributed by atoms with Crippen LogP contribution in [0.4, 0.5) is 0 Å². The molecule has 1 fully saturated rings. The van der Waals surface area contributed by atoms with Gasteiger partial charge in [0.2, 0.25) is 0 Å². The number of para-hydroxylation sites is 1. The van der Waals surface area contributed by atoms with Gasteiger partial charge in [-0.3, -0.25) is 0 Å². The number of hydrogen-bond donors (Lipinski definition) is 1. The second kappa shape index (κ2) is 7.50. The van der Waals surface area contributed by atoms with Crippen molar-refractivity contribution in [2.75, 3.05) is 33.9 Å². The highest BCUT2D eigenvalue weighted by atomic mass is 16.5. The van der Waals surface area contributed by atoms with E-state index in [2.05, 4.69) is 11.9 Å². The quantitative estimate of drug-likeness (QED) is 0.866. The molecule has 4 heteroatoms. The molecule has 1 heterocycles. The summed E-state index contributed by atoms with van der Waals surface area (Å²) in [6.45, 7) is 2.36. The Hall–Kier alpha value is -1.26. The number of nitrogens with zero attached hydrogens (tertiary/aromatic N) is 1. The number of methoxy groups -OCH3 is 1. The molecule has 0 saturated carbocycles. The average molecular weight is 279 g/mol. The standard InChI is InChI=1S/C16H25NO3/c1-17-10-8-14(9-11-17)20-15-7-3-5-13(6-4-12-18)16(15)19-2/h3,5,7,14,18H,4,6,8-12H2,1-2H3. The molecule has 0 spiro atoms. The van der Waals surface area contributed by atoms with Crippen molar-refractivity contribution in [3.63, 3.8) is 0 Å². The predicted octanol–water partition coefficient (Wildman–Crippen LogP) is 2.09. The van der Waals surface area contributed by atoms with Gasteiger partial charge in [0.15, 0.2) is 11.5 Å².